The van der Waals surface area contributed by atoms with Gasteiger partial charge in [0.25, 0.3) is 0 Å². The van der Waals surface area contributed by atoms with Gasteiger partial charge in [0.15, 0.2) is 0 Å². The molecule has 0 radical (unpaired) electrons. The van der Waals surface area contributed by atoms with E-state index in [4.69, 9.17) is 4.42 Å². The summed E-state index contributed by atoms with van der Waals surface area (Å²) >= 11 is 1.36. The van der Waals surface area contributed by atoms with E-state index in [1.165, 1.54) is 11.8 Å². The summed E-state index contributed by atoms with van der Waals surface area (Å²) in [6.07, 6.45) is 3.63. The lowest BCUT2D eigenvalue weighted by molar-refractivity contribution is -0.133. The number of aryl methyl sites for hydroxylation is 1. The van der Waals surface area contributed by atoms with Crippen LogP contribution in [0.1, 0.15) is 52.0 Å². The second-order valence-electron chi connectivity index (χ2n) is 6.48. The minimum Gasteiger partial charge on any atom is -0.462 e. The van der Waals surface area contributed by atoms with Gasteiger partial charge in [0.1, 0.15) is 17.3 Å². The zero-order chi connectivity index (χ0) is 18.6. The van der Waals surface area contributed by atoms with Crippen molar-refractivity contribution in [3.63, 3.8) is 0 Å². The summed E-state index contributed by atoms with van der Waals surface area (Å²) in [5.74, 6) is 2.35. The van der Waals surface area contributed by atoms with Crippen molar-refractivity contribution in [3.8, 4) is 0 Å². The zero-order valence-corrected chi connectivity index (χ0v) is 16.4. The molecular weight excluding hydrogens is 336 g/mol. The van der Waals surface area contributed by atoms with Crippen LogP contribution in [0.3, 0.4) is 0 Å². The number of nitrogens with one attached hydrogen (secondary N) is 1. The normalized spacial score (nSPS) is 13.1. The molecule has 2 aromatic heterocycles. The van der Waals surface area contributed by atoms with E-state index in [0.29, 0.717) is 11.0 Å². The van der Waals surface area contributed by atoms with Gasteiger partial charge in [-0.15, -0.1) is 5.10 Å². The van der Waals surface area contributed by atoms with Gasteiger partial charge in [-0.05, 0) is 65.8 Å². The average molecular weight is 362 g/mol. The summed E-state index contributed by atoms with van der Waals surface area (Å²) in [4.78, 5) is 19.0. The quantitative estimate of drug-likeness (QED) is 0.754. The molecule has 1 N–H and O–H groups in total. The van der Waals surface area contributed by atoms with Crippen molar-refractivity contribution in [1.82, 2.24) is 20.1 Å². The number of hydrogen-bond donors (Lipinski definition) is 1. The molecule has 2 aromatic rings. The van der Waals surface area contributed by atoms with Gasteiger partial charge >= 0.3 is 0 Å². The Hall–Kier alpha value is -2.02. The third-order valence-electron chi connectivity index (χ3n) is 3.65. The molecule has 0 saturated carbocycles. The van der Waals surface area contributed by atoms with Crippen molar-refractivity contribution < 1.29 is 9.21 Å². The van der Waals surface area contributed by atoms with Gasteiger partial charge in [-0.3, -0.25) is 9.89 Å². The van der Waals surface area contributed by atoms with Gasteiger partial charge in [-0.2, -0.15) is 0 Å². The number of rotatable bonds is 7. The van der Waals surface area contributed by atoms with Gasteiger partial charge in [0.05, 0.1) is 5.25 Å². The maximum Gasteiger partial charge on any atom is 0.236 e. The number of hydrogen-bond acceptors (Lipinski definition) is 5. The average Bonchev–Trinajstić information content (AvgIpc) is 3.13. The van der Waals surface area contributed by atoms with E-state index >= 15 is 0 Å². The van der Waals surface area contributed by atoms with E-state index in [2.05, 4.69) is 15.2 Å². The van der Waals surface area contributed by atoms with Crippen molar-refractivity contribution in [2.45, 2.75) is 64.0 Å². The maximum absolute atomic E-state index is 12.7. The minimum atomic E-state index is -0.245. The van der Waals surface area contributed by atoms with E-state index in [-0.39, 0.29) is 23.2 Å². The van der Waals surface area contributed by atoms with Crippen molar-refractivity contribution in [2.24, 2.45) is 0 Å². The first-order valence-corrected chi connectivity index (χ1v) is 9.31. The largest absolute Gasteiger partial charge is 0.462 e. The fraction of sp³-hybridized carbons (Fsp3) is 0.500. The highest BCUT2D eigenvalue weighted by molar-refractivity contribution is 8.00. The topological polar surface area (TPSA) is 75.0 Å². The monoisotopic (exact) mass is 362 g/mol. The number of nitrogens with zero attached hydrogens (tertiary/aromatic N) is 3. The first kappa shape index (κ1) is 19.3. The summed E-state index contributed by atoms with van der Waals surface area (Å²) < 4.78 is 5.47. The first-order chi connectivity index (χ1) is 11.8. The molecule has 1 unspecified atom stereocenters. The molecule has 2 heterocycles. The minimum absolute atomic E-state index is 0.1000. The first-order valence-electron chi connectivity index (χ1n) is 8.43. The Labute approximate surface area is 153 Å². The van der Waals surface area contributed by atoms with Crippen LogP contribution in [0.25, 0.3) is 12.2 Å². The number of H-pyrrole nitrogens is 1. The predicted octanol–water partition coefficient (Wildman–Crippen LogP) is 4.00. The molecule has 1 atom stereocenters. The van der Waals surface area contributed by atoms with Crippen LogP contribution >= 0.6 is 11.8 Å². The summed E-state index contributed by atoms with van der Waals surface area (Å²) in [7, 11) is 0. The molecule has 0 saturated heterocycles. The maximum atomic E-state index is 12.7. The summed E-state index contributed by atoms with van der Waals surface area (Å²) in [5.41, 5.74) is 0. The highest BCUT2D eigenvalue weighted by atomic mass is 32.2. The Bertz CT molecular complexity index is 725. The molecule has 25 heavy (non-hydrogen) atoms. The number of thioether (sulfide) groups is 1. The summed E-state index contributed by atoms with van der Waals surface area (Å²) in [6.45, 7) is 11.9. The second kappa shape index (κ2) is 8.38. The smallest absolute Gasteiger partial charge is 0.236 e. The molecule has 0 spiro atoms. The molecular formula is C18H26N4O2S. The van der Waals surface area contributed by atoms with Crippen LogP contribution in [-0.2, 0) is 4.79 Å². The highest BCUT2D eigenvalue weighted by Crippen LogP contribution is 2.23. The van der Waals surface area contributed by atoms with Crippen molar-refractivity contribution >= 4 is 29.8 Å². The third-order valence-corrected chi connectivity index (χ3v) is 4.59. The summed E-state index contributed by atoms with van der Waals surface area (Å²) in [6, 6.07) is 4.13. The van der Waals surface area contributed by atoms with Crippen LogP contribution in [0.15, 0.2) is 21.7 Å². The number of furan rings is 1. The fourth-order valence-electron chi connectivity index (χ4n) is 2.61. The van der Waals surface area contributed by atoms with E-state index in [1.807, 2.05) is 64.7 Å². The lowest BCUT2D eigenvalue weighted by Gasteiger charge is -2.32. The third kappa shape index (κ3) is 5.22. The van der Waals surface area contributed by atoms with Gasteiger partial charge < -0.3 is 9.32 Å². The van der Waals surface area contributed by atoms with Crippen LogP contribution in [0.5, 0.6) is 0 Å². The van der Waals surface area contributed by atoms with Gasteiger partial charge in [-0.1, -0.05) is 11.8 Å². The molecule has 0 bridgehead atoms. The molecule has 0 aliphatic heterocycles. The Balaban J connectivity index is 2.00. The van der Waals surface area contributed by atoms with Crippen LogP contribution in [-0.4, -0.2) is 43.3 Å². The molecule has 0 aromatic carbocycles. The molecule has 0 aliphatic carbocycles. The Morgan fingerprint density at radius 3 is 2.44 bits per heavy atom. The van der Waals surface area contributed by atoms with E-state index in [0.717, 1.165) is 11.5 Å². The Kier molecular flexibility index (Phi) is 6.47. The fourth-order valence-corrected chi connectivity index (χ4v) is 3.40. The predicted molar refractivity (Wildman–Crippen MR) is 101 cm³/mol. The number of aromatic amines is 1. The highest BCUT2D eigenvalue weighted by Gasteiger charge is 2.26. The van der Waals surface area contributed by atoms with E-state index < -0.39 is 0 Å². The second-order valence-corrected chi connectivity index (χ2v) is 7.79. The lowest BCUT2D eigenvalue weighted by Crippen LogP contribution is -2.45. The van der Waals surface area contributed by atoms with Crippen LogP contribution in [0, 0.1) is 6.92 Å². The standard InChI is InChI=1S/C18H26N4O2S/c1-11(2)22(12(3)4)17(23)14(6)25-18-19-16(20-21-18)10-9-15-8-7-13(5)24-15/h7-12,14H,1-6H3,(H,19,20,21)/b10-9+. The number of carbonyl (C=O) groups excluding carboxylic acids is 1. The summed E-state index contributed by atoms with van der Waals surface area (Å²) in [5, 5.41) is 7.36. The molecule has 2 rings (SSSR count). The molecule has 7 heteroatoms. The number of aromatic nitrogens is 3. The van der Waals surface area contributed by atoms with Crippen molar-refractivity contribution in [3.05, 3.63) is 29.5 Å². The zero-order valence-electron chi connectivity index (χ0n) is 15.6. The molecule has 0 aliphatic rings. The van der Waals surface area contributed by atoms with Gasteiger partial charge in [0.2, 0.25) is 11.1 Å². The Morgan fingerprint density at radius 1 is 1.20 bits per heavy atom. The lowest BCUT2D eigenvalue weighted by atomic mass is 10.2. The van der Waals surface area contributed by atoms with Gasteiger partial charge in [0, 0.05) is 12.1 Å². The molecule has 6 nitrogen and oxygen atoms in total. The van der Waals surface area contributed by atoms with Crippen LogP contribution in [0.2, 0.25) is 0 Å². The van der Waals surface area contributed by atoms with Crippen LogP contribution < -0.4 is 0 Å². The van der Waals surface area contributed by atoms with E-state index in [9.17, 15) is 4.79 Å². The molecule has 1 amide bonds. The van der Waals surface area contributed by atoms with Crippen LogP contribution in [0.4, 0.5) is 0 Å². The number of carbonyl (C=O) groups is 1. The van der Waals surface area contributed by atoms with Gasteiger partial charge in [-0.25, -0.2) is 4.98 Å². The number of amides is 1. The molecule has 0 fully saturated rings. The SMILES string of the molecule is Cc1ccc(/C=C/c2nc(SC(C)C(=O)N(C(C)C)C(C)C)n[nH]2)o1. The Morgan fingerprint density at radius 2 is 1.88 bits per heavy atom. The van der Waals surface area contributed by atoms with Crippen molar-refractivity contribution in [1.29, 1.82) is 0 Å². The van der Waals surface area contributed by atoms with E-state index in [1.54, 1.807) is 6.08 Å². The molecule has 136 valence electrons. The van der Waals surface area contributed by atoms with Crippen molar-refractivity contribution in [2.75, 3.05) is 0 Å².